The fourth-order valence-electron chi connectivity index (χ4n) is 0.527. The highest BCUT2D eigenvalue weighted by molar-refractivity contribution is 6.17. The summed E-state index contributed by atoms with van der Waals surface area (Å²) in [5.41, 5.74) is 0. The summed E-state index contributed by atoms with van der Waals surface area (Å²) < 4.78 is 4.60. The van der Waals surface area contributed by atoms with Gasteiger partial charge in [-0.3, -0.25) is 4.79 Å². The van der Waals surface area contributed by atoms with Gasteiger partial charge in [-0.15, -0.1) is 11.6 Å². The lowest BCUT2D eigenvalue weighted by Gasteiger charge is -2.06. The van der Waals surface area contributed by atoms with E-state index in [-0.39, 0.29) is 6.10 Å². The number of rotatable bonds is 5. The molecule has 0 heterocycles. The molecule has 0 spiro atoms. The number of alkyl halides is 1. The summed E-state index contributed by atoms with van der Waals surface area (Å²) in [7, 11) is 0. The molecule has 0 fully saturated rings. The van der Waals surface area contributed by atoms with Crippen LogP contribution in [0.1, 0.15) is 19.8 Å². The molecule has 0 aromatic rings. The number of ether oxygens (including phenoxy) is 1. The second-order valence-corrected chi connectivity index (χ2v) is 2.25. The van der Waals surface area contributed by atoms with Crippen molar-refractivity contribution in [3.63, 3.8) is 0 Å². The van der Waals surface area contributed by atoms with Gasteiger partial charge in [0.05, 0.1) is 6.10 Å². The topological polar surface area (TPSA) is 26.3 Å². The molecule has 0 amide bonds. The van der Waals surface area contributed by atoms with Gasteiger partial charge in [-0.2, -0.15) is 0 Å². The summed E-state index contributed by atoms with van der Waals surface area (Å²) in [6, 6.07) is 0. The van der Waals surface area contributed by atoms with E-state index < -0.39 is 0 Å². The smallest absolute Gasteiger partial charge is 0.293 e. The van der Waals surface area contributed by atoms with E-state index in [1.165, 1.54) is 0 Å². The molecule has 0 aromatic carbocycles. The van der Waals surface area contributed by atoms with Crippen molar-refractivity contribution in [2.75, 3.05) is 5.88 Å². The van der Waals surface area contributed by atoms with Gasteiger partial charge in [-0.05, 0) is 19.8 Å². The van der Waals surface area contributed by atoms with E-state index in [1.54, 1.807) is 0 Å². The summed E-state index contributed by atoms with van der Waals surface area (Å²) in [5.74, 6) is 0.632. The Kier molecular flexibility index (Phi) is 5.73. The van der Waals surface area contributed by atoms with Crippen LogP contribution < -0.4 is 0 Å². The minimum Gasteiger partial charge on any atom is -0.465 e. The van der Waals surface area contributed by atoms with Gasteiger partial charge in [0, 0.05) is 5.88 Å². The Morgan fingerprint density at radius 3 is 2.89 bits per heavy atom. The van der Waals surface area contributed by atoms with Gasteiger partial charge in [0.2, 0.25) is 0 Å². The molecule has 1 atom stereocenters. The van der Waals surface area contributed by atoms with Gasteiger partial charge < -0.3 is 4.74 Å². The van der Waals surface area contributed by atoms with E-state index in [2.05, 4.69) is 4.74 Å². The SMILES string of the molecule is CC(CCCCl)OC=O. The highest BCUT2D eigenvalue weighted by atomic mass is 35.5. The van der Waals surface area contributed by atoms with Crippen molar-refractivity contribution >= 4 is 18.1 Å². The van der Waals surface area contributed by atoms with E-state index in [9.17, 15) is 4.79 Å². The van der Waals surface area contributed by atoms with Crippen molar-refractivity contribution in [3.05, 3.63) is 0 Å². The van der Waals surface area contributed by atoms with Crippen LogP contribution in [0.4, 0.5) is 0 Å². The van der Waals surface area contributed by atoms with E-state index in [4.69, 9.17) is 11.6 Å². The quantitative estimate of drug-likeness (QED) is 0.439. The van der Waals surface area contributed by atoms with Crippen LogP contribution >= 0.6 is 11.6 Å². The van der Waals surface area contributed by atoms with Crippen LogP contribution in [0.2, 0.25) is 0 Å². The highest BCUT2D eigenvalue weighted by Crippen LogP contribution is 2.00. The van der Waals surface area contributed by atoms with E-state index >= 15 is 0 Å². The monoisotopic (exact) mass is 150 g/mol. The molecule has 0 rings (SSSR count). The minimum atomic E-state index is 0.0150. The molecule has 0 aliphatic carbocycles. The predicted octanol–water partition coefficient (Wildman–Crippen LogP) is 1.57. The van der Waals surface area contributed by atoms with Gasteiger partial charge in [-0.25, -0.2) is 0 Å². The number of carbonyl (C=O) groups excluding carboxylic acids is 1. The molecular weight excluding hydrogens is 140 g/mol. The predicted molar refractivity (Wildman–Crippen MR) is 36.6 cm³/mol. The minimum absolute atomic E-state index is 0.0150. The van der Waals surface area contributed by atoms with Crippen LogP contribution in [-0.4, -0.2) is 18.5 Å². The van der Waals surface area contributed by atoms with E-state index in [0.29, 0.717) is 12.4 Å². The zero-order chi connectivity index (χ0) is 7.11. The van der Waals surface area contributed by atoms with Crippen molar-refractivity contribution in [1.29, 1.82) is 0 Å². The molecule has 9 heavy (non-hydrogen) atoms. The molecule has 1 unspecified atom stereocenters. The number of hydrogen-bond donors (Lipinski definition) is 0. The summed E-state index contributed by atoms with van der Waals surface area (Å²) in [4.78, 5) is 9.72. The van der Waals surface area contributed by atoms with Gasteiger partial charge in [0.15, 0.2) is 0 Å². The molecular formula is C6H11ClO2. The lowest BCUT2D eigenvalue weighted by molar-refractivity contribution is -0.132. The molecule has 0 radical (unpaired) electrons. The maximum absolute atomic E-state index is 9.72. The molecule has 2 nitrogen and oxygen atoms in total. The summed E-state index contributed by atoms with van der Waals surface area (Å²) in [5, 5.41) is 0. The Morgan fingerprint density at radius 2 is 2.44 bits per heavy atom. The third-order valence-electron chi connectivity index (χ3n) is 1.03. The summed E-state index contributed by atoms with van der Waals surface area (Å²) in [6.45, 7) is 2.32. The van der Waals surface area contributed by atoms with Crippen molar-refractivity contribution in [2.45, 2.75) is 25.9 Å². The fourth-order valence-corrected chi connectivity index (χ4v) is 0.682. The first kappa shape index (κ1) is 8.76. The van der Waals surface area contributed by atoms with Crippen LogP contribution in [0.5, 0.6) is 0 Å². The van der Waals surface area contributed by atoms with Gasteiger partial charge in [0.1, 0.15) is 0 Å². The molecule has 54 valence electrons. The van der Waals surface area contributed by atoms with Gasteiger partial charge in [0.25, 0.3) is 6.47 Å². The molecule has 0 aliphatic rings. The average Bonchev–Trinajstić information content (AvgIpc) is 1.85. The summed E-state index contributed by atoms with van der Waals surface area (Å²) in [6.07, 6.45) is 1.76. The second-order valence-electron chi connectivity index (χ2n) is 1.87. The Labute approximate surface area is 60.1 Å². The van der Waals surface area contributed by atoms with Crippen molar-refractivity contribution in [1.82, 2.24) is 0 Å². The van der Waals surface area contributed by atoms with E-state index in [0.717, 1.165) is 12.8 Å². The normalized spacial score (nSPS) is 12.7. The Hall–Kier alpha value is -0.240. The second kappa shape index (κ2) is 5.89. The van der Waals surface area contributed by atoms with Crippen LogP contribution in [0.3, 0.4) is 0 Å². The first-order valence-electron chi connectivity index (χ1n) is 2.96. The molecule has 0 bridgehead atoms. The Morgan fingerprint density at radius 1 is 1.78 bits per heavy atom. The van der Waals surface area contributed by atoms with Crippen molar-refractivity contribution < 1.29 is 9.53 Å². The number of carbonyl (C=O) groups is 1. The van der Waals surface area contributed by atoms with Gasteiger partial charge in [-0.1, -0.05) is 0 Å². The first-order valence-corrected chi connectivity index (χ1v) is 3.49. The maximum atomic E-state index is 9.72. The lowest BCUT2D eigenvalue weighted by Crippen LogP contribution is -2.06. The van der Waals surface area contributed by atoms with Crippen LogP contribution in [0.25, 0.3) is 0 Å². The highest BCUT2D eigenvalue weighted by Gasteiger charge is 1.98. The standard InChI is InChI=1S/C6H11ClO2/c1-6(9-5-8)3-2-4-7/h5-6H,2-4H2,1H3. The molecule has 0 saturated heterocycles. The third-order valence-corrected chi connectivity index (χ3v) is 1.30. The molecule has 0 N–H and O–H groups in total. The maximum Gasteiger partial charge on any atom is 0.293 e. The molecule has 0 aromatic heterocycles. The number of halogens is 1. The lowest BCUT2D eigenvalue weighted by atomic mass is 10.2. The van der Waals surface area contributed by atoms with Crippen molar-refractivity contribution in [2.24, 2.45) is 0 Å². The van der Waals surface area contributed by atoms with Crippen LogP contribution in [0.15, 0.2) is 0 Å². The van der Waals surface area contributed by atoms with Crippen LogP contribution in [0, 0.1) is 0 Å². The molecule has 0 aliphatic heterocycles. The largest absolute Gasteiger partial charge is 0.465 e. The number of hydrogen-bond acceptors (Lipinski definition) is 2. The zero-order valence-electron chi connectivity index (χ0n) is 5.47. The third kappa shape index (κ3) is 5.63. The van der Waals surface area contributed by atoms with Crippen LogP contribution in [-0.2, 0) is 9.53 Å². The Bertz CT molecular complexity index is 75.5. The van der Waals surface area contributed by atoms with Gasteiger partial charge >= 0.3 is 0 Å². The molecule has 3 heteroatoms. The van der Waals surface area contributed by atoms with Crippen molar-refractivity contribution in [3.8, 4) is 0 Å². The first-order chi connectivity index (χ1) is 4.31. The summed E-state index contributed by atoms with van der Waals surface area (Å²) >= 11 is 5.40. The molecule has 0 saturated carbocycles. The average molecular weight is 151 g/mol. The zero-order valence-corrected chi connectivity index (χ0v) is 6.23. The van der Waals surface area contributed by atoms with E-state index in [1.807, 2.05) is 6.92 Å². The Balaban J connectivity index is 3.04. The fraction of sp³-hybridized carbons (Fsp3) is 0.833.